The molecule has 2 nitrogen and oxygen atoms in total. The maximum atomic E-state index is 13.6. The van der Waals surface area contributed by atoms with E-state index in [1.807, 2.05) is 0 Å². The minimum absolute atomic E-state index is 0.136. The highest BCUT2D eigenvalue weighted by molar-refractivity contribution is 5.46. The minimum atomic E-state index is -5.11. The van der Waals surface area contributed by atoms with Gasteiger partial charge in [0.25, 0.3) is 0 Å². The lowest BCUT2D eigenvalue weighted by Crippen LogP contribution is -2.11. The van der Waals surface area contributed by atoms with E-state index in [1.54, 1.807) is 0 Å². The highest BCUT2D eigenvalue weighted by Crippen LogP contribution is 2.40. The van der Waals surface area contributed by atoms with Crippen molar-refractivity contribution in [3.8, 4) is 11.5 Å². The Bertz CT molecular complexity index is 711. The molecule has 0 saturated heterocycles. The number of rotatable bonds is 2. The number of nitrogens with two attached hydrogens (primary N) is 1. The predicted octanol–water partition coefficient (Wildman–Crippen LogP) is 5.38. The van der Waals surface area contributed by atoms with Gasteiger partial charge in [-0.05, 0) is 18.2 Å². The van der Waals surface area contributed by atoms with Gasteiger partial charge in [-0.2, -0.15) is 26.3 Å². The van der Waals surface area contributed by atoms with Gasteiger partial charge < -0.3 is 10.5 Å². The van der Waals surface area contributed by atoms with Crippen LogP contribution in [0.3, 0.4) is 0 Å². The number of hydrogen-bond donors (Lipinski definition) is 1. The molecule has 2 N–H and O–H groups in total. The highest BCUT2D eigenvalue weighted by Gasteiger charge is 2.37. The van der Waals surface area contributed by atoms with Crippen LogP contribution in [0.15, 0.2) is 30.3 Å². The number of anilines is 1. The normalized spacial score (nSPS) is 12.3. The Kier molecular flexibility index (Phi) is 4.34. The molecule has 0 spiro atoms. The molecule has 0 bridgehead atoms. The molecule has 0 aromatic heterocycles. The second-order valence-electron chi connectivity index (χ2n) is 4.66. The van der Waals surface area contributed by atoms with Crippen LogP contribution in [0, 0.1) is 11.6 Å². The number of benzene rings is 2. The number of ether oxygens (including phenoxy) is 1. The first-order valence-electron chi connectivity index (χ1n) is 6.10. The molecule has 24 heavy (non-hydrogen) atoms. The maximum Gasteiger partial charge on any atom is 0.416 e. The van der Waals surface area contributed by atoms with Crippen LogP contribution < -0.4 is 10.5 Å². The average molecular weight is 357 g/mol. The van der Waals surface area contributed by atoms with Crippen LogP contribution in [0.2, 0.25) is 0 Å². The van der Waals surface area contributed by atoms with Crippen LogP contribution in [0.25, 0.3) is 0 Å². The molecule has 0 atom stereocenters. The summed E-state index contributed by atoms with van der Waals surface area (Å²) in [7, 11) is 0. The fourth-order valence-electron chi connectivity index (χ4n) is 1.78. The Hall–Kier alpha value is -2.52. The van der Waals surface area contributed by atoms with Crippen molar-refractivity contribution in [3.63, 3.8) is 0 Å². The Balaban J connectivity index is 2.55. The Labute approximate surface area is 129 Å². The first-order valence-corrected chi connectivity index (χ1v) is 6.10. The van der Waals surface area contributed by atoms with Crippen LogP contribution >= 0.6 is 0 Å². The van der Waals surface area contributed by atoms with Crippen LogP contribution in [0.4, 0.5) is 40.8 Å². The van der Waals surface area contributed by atoms with E-state index in [9.17, 15) is 35.1 Å². The van der Waals surface area contributed by atoms with Crippen molar-refractivity contribution in [2.45, 2.75) is 12.4 Å². The van der Waals surface area contributed by atoms with E-state index >= 15 is 0 Å². The Morgan fingerprint density at radius 1 is 0.708 bits per heavy atom. The second kappa shape index (κ2) is 5.84. The van der Waals surface area contributed by atoms with Crippen molar-refractivity contribution < 1.29 is 39.9 Å². The molecule has 2 aromatic rings. The summed E-state index contributed by atoms with van der Waals surface area (Å²) in [5.41, 5.74) is 1.46. The monoisotopic (exact) mass is 357 g/mol. The summed E-state index contributed by atoms with van der Waals surface area (Å²) in [6, 6.07) is 1.48. The van der Waals surface area contributed by atoms with Gasteiger partial charge in [0.05, 0.1) is 11.1 Å². The van der Waals surface area contributed by atoms with Crippen molar-refractivity contribution in [1.29, 1.82) is 0 Å². The lowest BCUT2D eigenvalue weighted by atomic mass is 10.1. The third-order valence-corrected chi connectivity index (χ3v) is 2.80. The fraction of sp³-hybridized carbons (Fsp3) is 0.143. The van der Waals surface area contributed by atoms with Gasteiger partial charge >= 0.3 is 12.4 Å². The van der Waals surface area contributed by atoms with Crippen molar-refractivity contribution in [3.05, 3.63) is 53.1 Å². The van der Waals surface area contributed by atoms with Crippen molar-refractivity contribution in [2.75, 3.05) is 5.73 Å². The summed E-state index contributed by atoms with van der Waals surface area (Å²) in [6.07, 6.45) is -10.2. The smallest absolute Gasteiger partial charge is 0.416 e. The maximum absolute atomic E-state index is 13.6. The molecule has 0 aliphatic heterocycles. The molecule has 0 saturated carbocycles. The molecule has 0 radical (unpaired) electrons. The summed E-state index contributed by atoms with van der Waals surface area (Å²) in [5.74, 6) is -4.95. The Morgan fingerprint density at radius 3 is 1.50 bits per heavy atom. The van der Waals surface area contributed by atoms with Crippen LogP contribution in [0.5, 0.6) is 11.5 Å². The number of halogens is 8. The molecule has 130 valence electrons. The van der Waals surface area contributed by atoms with Gasteiger partial charge in [0.2, 0.25) is 0 Å². The molecular formula is C14H7F8NO. The van der Waals surface area contributed by atoms with Crippen LogP contribution in [-0.2, 0) is 12.4 Å². The largest absolute Gasteiger partial charge is 0.451 e. The molecule has 0 heterocycles. The Morgan fingerprint density at radius 2 is 1.12 bits per heavy atom. The predicted molar refractivity (Wildman–Crippen MR) is 67.3 cm³/mol. The van der Waals surface area contributed by atoms with Gasteiger partial charge in [-0.25, -0.2) is 8.78 Å². The molecule has 2 rings (SSSR count). The first-order chi connectivity index (χ1) is 10.9. The number of nitrogen functional groups attached to an aromatic ring is 1. The molecule has 2 aromatic carbocycles. The molecular weight excluding hydrogens is 350 g/mol. The van der Waals surface area contributed by atoms with Crippen LogP contribution in [-0.4, -0.2) is 0 Å². The molecule has 0 amide bonds. The quantitative estimate of drug-likeness (QED) is 0.579. The summed E-state index contributed by atoms with van der Waals surface area (Å²) < 4.78 is 108. The summed E-state index contributed by atoms with van der Waals surface area (Å²) in [4.78, 5) is 0. The van der Waals surface area contributed by atoms with E-state index in [0.717, 1.165) is 0 Å². The summed E-state index contributed by atoms with van der Waals surface area (Å²) in [5, 5.41) is 0. The van der Waals surface area contributed by atoms with Gasteiger partial charge in [0, 0.05) is 17.8 Å². The SMILES string of the molecule is Nc1cc(F)c(Oc2cc(C(F)(F)F)cc(C(F)(F)F)c2)c(F)c1. The van der Waals surface area contributed by atoms with Crippen molar-refractivity contribution in [1.82, 2.24) is 0 Å². The zero-order valence-corrected chi connectivity index (χ0v) is 11.4. The van der Waals surface area contributed by atoms with E-state index in [-0.39, 0.29) is 23.9 Å². The third-order valence-electron chi connectivity index (χ3n) is 2.80. The zero-order valence-electron chi connectivity index (χ0n) is 11.4. The van der Waals surface area contributed by atoms with E-state index in [1.165, 1.54) is 0 Å². The topological polar surface area (TPSA) is 35.2 Å². The molecule has 0 unspecified atom stereocenters. The minimum Gasteiger partial charge on any atom is -0.451 e. The van der Waals surface area contributed by atoms with Crippen molar-refractivity contribution in [2.24, 2.45) is 0 Å². The van der Waals surface area contributed by atoms with Gasteiger partial charge in [0.1, 0.15) is 5.75 Å². The van der Waals surface area contributed by atoms with E-state index in [0.29, 0.717) is 12.1 Å². The zero-order chi connectivity index (χ0) is 18.3. The fourth-order valence-corrected chi connectivity index (χ4v) is 1.78. The molecule has 0 aliphatic carbocycles. The summed E-state index contributed by atoms with van der Waals surface area (Å²) >= 11 is 0. The number of alkyl halides is 6. The number of hydrogen-bond acceptors (Lipinski definition) is 2. The lowest BCUT2D eigenvalue weighted by molar-refractivity contribution is -0.143. The molecule has 0 fully saturated rings. The lowest BCUT2D eigenvalue weighted by Gasteiger charge is -2.15. The average Bonchev–Trinajstić information content (AvgIpc) is 2.40. The molecule has 0 aliphatic rings. The van der Waals surface area contributed by atoms with Gasteiger partial charge in [-0.3, -0.25) is 0 Å². The first kappa shape index (κ1) is 17.8. The van der Waals surface area contributed by atoms with E-state index in [2.05, 4.69) is 4.74 Å². The molecule has 10 heteroatoms. The second-order valence-corrected chi connectivity index (χ2v) is 4.66. The third kappa shape index (κ3) is 3.87. The van der Waals surface area contributed by atoms with Crippen LogP contribution in [0.1, 0.15) is 11.1 Å². The van der Waals surface area contributed by atoms with Gasteiger partial charge in [-0.1, -0.05) is 0 Å². The highest BCUT2D eigenvalue weighted by atomic mass is 19.4. The summed E-state index contributed by atoms with van der Waals surface area (Å²) in [6.45, 7) is 0. The van der Waals surface area contributed by atoms with E-state index < -0.39 is 46.6 Å². The standard InChI is InChI=1S/C14H7F8NO/c15-10-4-8(23)5-11(16)12(10)24-9-2-6(13(17,18)19)1-7(3-9)14(20,21)22/h1-5H,23H2. The van der Waals surface area contributed by atoms with Crippen molar-refractivity contribution >= 4 is 5.69 Å². The van der Waals surface area contributed by atoms with E-state index in [4.69, 9.17) is 5.73 Å². The van der Waals surface area contributed by atoms with Gasteiger partial charge in [0.15, 0.2) is 17.4 Å². The van der Waals surface area contributed by atoms with Gasteiger partial charge in [-0.15, -0.1) is 0 Å².